The molecular weight excluding hydrogens is 311 g/mol. The molecule has 3 aromatic rings. The van der Waals surface area contributed by atoms with Crippen LogP contribution in [0.3, 0.4) is 0 Å². The van der Waals surface area contributed by atoms with Crippen molar-refractivity contribution in [1.29, 1.82) is 0 Å². The van der Waals surface area contributed by atoms with E-state index >= 15 is 0 Å². The number of anilines is 1. The van der Waals surface area contributed by atoms with Crippen LogP contribution in [0.4, 0.5) is 10.1 Å². The maximum Gasteiger partial charge on any atom is 0.296 e. The van der Waals surface area contributed by atoms with E-state index < -0.39 is 17.5 Å². The van der Waals surface area contributed by atoms with Gasteiger partial charge in [0.25, 0.3) is 11.7 Å². The van der Waals surface area contributed by atoms with E-state index in [1.54, 1.807) is 24.3 Å². The van der Waals surface area contributed by atoms with Crippen LogP contribution < -0.4 is 10.1 Å². The van der Waals surface area contributed by atoms with Crippen LogP contribution in [0.1, 0.15) is 17.3 Å². The second-order valence-corrected chi connectivity index (χ2v) is 5.13. The SMILES string of the molecule is CCOc1ccc(NC(=O)C(=O)c2c[nH]c3cc(F)ccc23)cc1. The summed E-state index contributed by atoms with van der Waals surface area (Å²) in [5.74, 6) is -1.19. The number of hydrogen-bond donors (Lipinski definition) is 2. The summed E-state index contributed by atoms with van der Waals surface area (Å²) in [6, 6.07) is 10.7. The maximum absolute atomic E-state index is 13.2. The number of rotatable bonds is 5. The summed E-state index contributed by atoms with van der Waals surface area (Å²) in [4.78, 5) is 27.3. The predicted octanol–water partition coefficient (Wildman–Crippen LogP) is 3.53. The van der Waals surface area contributed by atoms with Crippen LogP contribution in [-0.2, 0) is 4.79 Å². The Hall–Kier alpha value is -3.15. The third-order valence-corrected chi connectivity index (χ3v) is 3.52. The van der Waals surface area contributed by atoms with E-state index in [1.807, 2.05) is 6.92 Å². The number of ketones is 1. The van der Waals surface area contributed by atoms with Crippen molar-refractivity contribution in [2.45, 2.75) is 6.92 Å². The third kappa shape index (κ3) is 3.12. The number of aromatic amines is 1. The largest absolute Gasteiger partial charge is 0.494 e. The monoisotopic (exact) mass is 326 g/mol. The molecule has 0 aliphatic carbocycles. The van der Waals surface area contributed by atoms with Crippen LogP contribution in [0.25, 0.3) is 10.9 Å². The van der Waals surface area contributed by atoms with Gasteiger partial charge in [0, 0.05) is 22.8 Å². The standard InChI is InChI=1S/C18H15FN2O3/c1-2-24-13-6-4-12(5-7-13)21-18(23)17(22)15-10-20-16-9-11(19)3-8-14(15)16/h3-10,20H,2H2,1H3,(H,21,23). The summed E-state index contributed by atoms with van der Waals surface area (Å²) in [5, 5.41) is 3.05. The summed E-state index contributed by atoms with van der Waals surface area (Å²) >= 11 is 0. The number of Topliss-reactive ketones (excluding diaryl/α,β-unsaturated/α-hetero) is 1. The van der Waals surface area contributed by atoms with Crippen molar-refractivity contribution < 1.29 is 18.7 Å². The molecule has 1 aromatic heterocycles. The highest BCUT2D eigenvalue weighted by molar-refractivity contribution is 6.48. The Morgan fingerprint density at radius 1 is 1.17 bits per heavy atom. The number of carbonyl (C=O) groups is 2. The smallest absolute Gasteiger partial charge is 0.296 e. The molecule has 0 radical (unpaired) electrons. The summed E-state index contributed by atoms with van der Waals surface area (Å²) in [5.41, 5.74) is 1.16. The highest BCUT2D eigenvalue weighted by Gasteiger charge is 2.20. The normalized spacial score (nSPS) is 10.6. The van der Waals surface area contributed by atoms with E-state index in [1.165, 1.54) is 24.4 Å². The molecule has 6 heteroatoms. The second-order valence-electron chi connectivity index (χ2n) is 5.13. The third-order valence-electron chi connectivity index (χ3n) is 3.52. The molecule has 0 saturated carbocycles. The lowest BCUT2D eigenvalue weighted by atomic mass is 10.1. The molecule has 1 amide bonds. The molecule has 0 aliphatic rings. The Morgan fingerprint density at radius 3 is 2.62 bits per heavy atom. The molecule has 0 saturated heterocycles. The maximum atomic E-state index is 13.2. The number of benzene rings is 2. The van der Waals surface area contributed by atoms with Gasteiger partial charge in [0.15, 0.2) is 0 Å². The van der Waals surface area contributed by atoms with Crippen molar-refractivity contribution >= 4 is 28.3 Å². The predicted molar refractivity (Wildman–Crippen MR) is 88.8 cm³/mol. The molecule has 0 unspecified atom stereocenters. The van der Waals surface area contributed by atoms with Gasteiger partial charge in [-0.05, 0) is 49.4 Å². The molecule has 5 nitrogen and oxygen atoms in total. The van der Waals surface area contributed by atoms with Crippen molar-refractivity contribution in [3.8, 4) is 5.75 Å². The Morgan fingerprint density at radius 2 is 1.92 bits per heavy atom. The van der Waals surface area contributed by atoms with Crippen LogP contribution in [0.5, 0.6) is 5.75 Å². The first-order valence-electron chi connectivity index (χ1n) is 7.43. The highest BCUT2D eigenvalue weighted by Crippen LogP contribution is 2.21. The molecule has 0 spiro atoms. The lowest BCUT2D eigenvalue weighted by molar-refractivity contribution is -0.112. The van der Waals surface area contributed by atoms with E-state index in [9.17, 15) is 14.0 Å². The van der Waals surface area contributed by atoms with E-state index in [0.717, 1.165) is 0 Å². The lowest BCUT2D eigenvalue weighted by Crippen LogP contribution is -2.22. The fraction of sp³-hybridized carbons (Fsp3) is 0.111. The summed E-state index contributed by atoms with van der Waals surface area (Å²) in [6.07, 6.45) is 1.41. The number of H-pyrrole nitrogens is 1. The molecular formula is C18H15FN2O3. The van der Waals surface area contributed by atoms with Crippen molar-refractivity contribution in [1.82, 2.24) is 4.98 Å². The lowest BCUT2D eigenvalue weighted by Gasteiger charge is -2.06. The topological polar surface area (TPSA) is 71.2 Å². The van der Waals surface area contributed by atoms with E-state index in [2.05, 4.69) is 10.3 Å². The molecule has 2 aromatic carbocycles. The highest BCUT2D eigenvalue weighted by atomic mass is 19.1. The van der Waals surface area contributed by atoms with Crippen LogP contribution in [-0.4, -0.2) is 23.3 Å². The quantitative estimate of drug-likeness (QED) is 0.556. The van der Waals surface area contributed by atoms with Gasteiger partial charge in [-0.25, -0.2) is 4.39 Å². The van der Waals surface area contributed by atoms with Gasteiger partial charge < -0.3 is 15.0 Å². The van der Waals surface area contributed by atoms with Crippen molar-refractivity contribution in [3.63, 3.8) is 0 Å². The molecule has 1 heterocycles. The van der Waals surface area contributed by atoms with Crippen molar-refractivity contribution in [3.05, 3.63) is 60.0 Å². The van der Waals surface area contributed by atoms with Crippen molar-refractivity contribution in [2.75, 3.05) is 11.9 Å². The van der Waals surface area contributed by atoms with E-state index in [4.69, 9.17) is 4.74 Å². The molecule has 0 fully saturated rings. The van der Waals surface area contributed by atoms with Gasteiger partial charge in [-0.1, -0.05) is 0 Å². The van der Waals surface area contributed by atoms with Gasteiger partial charge >= 0.3 is 0 Å². The van der Waals surface area contributed by atoms with Crippen molar-refractivity contribution in [2.24, 2.45) is 0 Å². The summed E-state index contributed by atoms with van der Waals surface area (Å²) < 4.78 is 18.5. The Balaban J connectivity index is 1.77. The number of amides is 1. The molecule has 24 heavy (non-hydrogen) atoms. The molecule has 0 aliphatic heterocycles. The second kappa shape index (κ2) is 6.54. The van der Waals surface area contributed by atoms with Gasteiger partial charge in [-0.2, -0.15) is 0 Å². The van der Waals surface area contributed by atoms with Crippen LogP contribution in [0.15, 0.2) is 48.7 Å². The van der Waals surface area contributed by atoms with Gasteiger partial charge in [0.05, 0.1) is 12.2 Å². The zero-order valence-electron chi connectivity index (χ0n) is 12.9. The average molecular weight is 326 g/mol. The number of nitrogens with one attached hydrogen (secondary N) is 2. The first-order chi connectivity index (χ1) is 11.6. The average Bonchev–Trinajstić information content (AvgIpc) is 2.99. The number of aromatic nitrogens is 1. The van der Waals surface area contributed by atoms with Gasteiger partial charge in [0.1, 0.15) is 11.6 Å². The Bertz CT molecular complexity index is 900. The summed E-state index contributed by atoms with van der Waals surface area (Å²) in [6.45, 7) is 2.42. The Kier molecular flexibility index (Phi) is 4.29. The Labute approximate surface area is 137 Å². The fourth-order valence-electron chi connectivity index (χ4n) is 2.40. The minimum Gasteiger partial charge on any atom is -0.494 e. The van der Waals surface area contributed by atoms with Gasteiger partial charge in [-0.15, -0.1) is 0 Å². The van der Waals surface area contributed by atoms with E-state index in [0.29, 0.717) is 28.9 Å². The fourth-order valence-corrected chi connectivity index (χ4v) is 2.40. The zero-order valence-corrected chi connectivity index (χ0v) is 12.9. The summed E-state index contributed by atoms with van der Waals surface area (Å²) in [7, 11) is 0. The van der Waals surface area contributed by atoms with Gasteiger partial charge in [0.2, 0.25) is 0 Å². The molecule has 2 N–H and O–H groups in total. The number of halogens is 1. The first-order valence-corrected chi connectivity index (χ1v) is 7.43. The van der Waals surface area contributed by atoms with Crippen LogP contribution >= 0.6 is 0 Å². The first kappa shape index (κ1) is 15.7. The molecule has 0 bridgehead atoms. The number of fused-ring (bicyclic) bond motifs is 1. The van der Waals surface area contributed by atoms with Crippen LogP contribution in [0.2, 0.25) is 0 Å². The number of carbonyl (C=O) groups excluding carboxylic acids is 2. The molecule has 122 valence electrons. The number of hydrogen-bond acceptors (Lipinski definition) is 3. The van der Waals surface area contributed by atoms with Crippen LogP contribution in [0, 0.1) is 5.82 Å². The molecule has 0 atom stereocenters. The minimum absolute atomic E-state index is 0.202. The van der Waals surface area contributed by atoms with E-state index in [-0.39, 0.29) is 5.56 Å². The molecule has 3 rings (SSSR count). The van der Waals surface area contributed by atoms with Gasteiger partial charge in [-0.3, -0.25) is 9.59 Å². The minimum atomic E-state index is -0.760. The number of ether oxygens (including phenoxy) is 1. The zero-order chi connectivity index (χ0) is 17.1.